The van der Waals surface area contributed by atoms with Gasteiger partial charge in [0.15, 0.2) is 0 Å². The Morgan fingerprint density at radius 3 is 2.88 bits per heavy atom. The van der Waals surface area contributed by atoms with Crippen molar-refractivity contribution in [3.8, 4) is 17.5 Å². The fourth-order valence-corrected chi connectivity index (χ4v) is 3.36. The maximum absolute atomic E-state index is 9.33. The highest BCUT2D eigenvalue weighted by atomic mass is 32.1. The van der Waals surface area contributed by atoms with Crippen molar-refractivity contribution in [1.82, 2.24) is 9.97 Å². The second kappa shape index (κ2) is 3.71. The number of aryl methyl sites for hydroxylation is 1. The SMILES string of the molecule is Cc1sc(C2(C#N)CCC2)nc1-c1ccc[nH]1. The molecule has 4 heteroatoms. The molecule has 0 bridgehead atoms. The number of nitrogens with one attached hydrogen (secondary N) is 1. The second-order valence-corrected chi connectivity index (χ2v) is 5.76. The Labute approximate surface area is 104 Å². The van der Waals surface area contributed by atoms with E-state index in [9.17, 15) is 5.26 Å². The first-order chi connectivity index (χ1) is 8.25. The lowest BCUT2D eigenvalue weighted by Crippen LogP contribution is -2.32. The van der Waals surface area contributed by atoms with E-state index in [1.165, 1.54) is 4.88 Å². The van der Waals surface area contributed by atoms with Crippen LogP contribution in [0, 0.1) is 18.3 Å². The van der Waals surface area contributed by atoms with Crippen LogP contribution in [0.1, 0.15) is 29.1 Å². The molecule has 1 saturated carbocycles. The van der Waals surface area contributed by atoms with Gasteiger partial charge in [0.1, 0.15) is 16.1 Å². The first kappa shape index (κ1) is 10.5. The molecule has 0 spiro atoms. The van der Waals surface area contributed by atoms with E-state index in [0.717, 1.165) is 35.7 Å². The molecule has 1 aliphatic rings. The molecule has 1 aliphatic carbocycles. The average molecular weight is 243 g/mol. The highest BCUT2D eigenvalue weighted by Crippen LogP contribution is 2.46. The van der Waals surface area contributed by atoms with Crippen LogP contribution in [-0.4, -0.2) is 9.97 Å². The van der Waals surface area contributed by atoms with Gasteiger partial charge in [0.25, 0.3) is 0 Å². The summed E-state index contributed by atoms with van der Waals surface area (Å²) in [7, 11) is 0. The van der Waals surface area contributed by atoms with E-state index in [1.54, 1.807) is 11.3 Å². The van der Waals surface area contributed by atoms with Gasteiger partial charge >= 0.3 is 0 Å². The van der Waals surface area contributed by atoms with Crippen LogP contribution in [-0.2, 0) is 5.41 Å². The Bertz CT molecular complexity index is 570. The van der Waals surface area contributed by atoms with Crippen LogP contribution >= 0.6 is 11.3 Å². The molecule has 3 rings (SSSR count). The quantitative estimate of drug-likeness (QED) is 0.879. The molecular weight excluding hydrogens is 230 g/mol. The van der Waals surface area contributed by atoms with E-state index in [0.29, 0.717) is 0 Å². The van der Waals surface area contributed by atoms with Gasteiger partial charge in [-0.3, -0.25) is 0 Å². The molecule has 86 valence electrons. The van der Waals surface area contributed by atoms with Gasteiger partial charge in [0, 0.05) is 11.1 Å². The van der Waals surface area contributed by atoms with Crippen molar-refractivity contribution in [3.63, 3.8) is 0 Å². The third kappa shape index (κ3) is 1.50. The molecule has 0 atom stereocenters. The smallest absolute Gasteiger partial charge is 0.114 e. The zero-order valence-corrected chi connectivity index (χ0v) is 10.5. The van der Waals surface area contributed by atoms with E-state index < -0.39 is 0 Å². The van der Waals surface area contributed by atoms with Crippen molar-refractivity contribution in [1.29, 1.82) is 5.26 Å². The summed E-state index contributed by atoms with van der Waals surface area (Å²) in [6, 6.07) is 6.44. The molecule has 17 heavy (non-hydrogen) atoms. The summed E-state index contributed by atoms with van der Waals surface area (Å²) in [6.07, 6.45) is 4.96. The molecule has 0 aliphatic heterocycles. The minimum Gasteiger partial charge on any atom is -0.360 e. The normalized spacial score (nSPS) is 17.4. The van der Waals surface area contributed by atoms with Gasteiger partial charge in [-0.05, 0) is 38.3 Å². The zero-order valence-electron chi connectivity index (χ0n) is 9.66. The van der Waals surface area contributed by atoms with Crippen LogP contribution in [0.2, 0.25) is 0 Å². The van der Waals surface area contributed by atoms with Crippen LogP contribution in [0.5, 0.6) is 0 Å². The number of rotatable bonds is 2. The van der Waals surface area contributed by atoms with E-state index >= 15 is 0 Å². The monoisotopic (exact) mass is 243 g/mol. The zero-order chi connectivity index (χ0) is 11.9. The Kier molecular flexibility index (Phi) is 2.30. The van der Waals surface area contributed by atoms with Crippen molar-refractivity contribution in [3.05, 3.63) is 28.2 Å². The van der Waals surface area contributed by atoms with Gasteiger partial charge in [0.2, 0.25) is 0 Å². The number of nitriles is 1. The van der Waals surface area contributed by atoms with Crippen LogP contribution in [0.3, 0.4) is 0 Å². The molecule has 1 N–H and O–H groups in total. The molecule has 0 aromatic carbocycles. The van der Waals surface area contributed by atoms with Crippen molar-refractivity contribution >= 4 is 11.3 Å². The summed E-state index contributed by atoms with van der Waals surface area (Å²) >= 11 is 1.67. The number of nitrogens with zero attached hydrogens (tertiary/aromatic N) is 2. The number of aromatic nitrogens is 2. The van der Waals surface area contributed by atoms with Gasteiger partial charge in [-0.15, -0.1) is 11.3 Å². The van der Waals surface area contributed by atoms with Gasteiger partial charge in [0.05, 0.1) is 11.8 Å². The minimum atomic E-state index is -0.291. The highest BCUT2D eigenvalue weighted by Gasteiger charge is 2.42. The maximum atomic E-state index is 9.33. The molecule has 0 amide bonds. The molecule has 2 aromatic heterocycles. The van der Waals surface area contributed by atoms with E-state index in [-0.39, 0.29) is 5.41 Å². The van der Waals surface area contributed by atoms with Crippen molar-refractivity contribution < 1.29 is 0 Å². The predicted octanol–water partition coefficient (Wildman–Crippen LogP) is 3.39. The summed E-state index contributed by atoms with van der Waals surface area (Å²) < 4.78 is 0. The Hall–Kier alpha value is -1.60. The number of hydrogen-bond donors (Lipinski definition) is 1. The predicted molar refractivity (Wildman–Crippen MR) is 67.8 cm³/mol. The van der Waals surface area contributed by atoms with Gasteiger partial charge < -0.3 is 4.98 Å². The summed E-state index contributed by atoms with van der Waals surface area (Å²) in [5.74, 6) is 0. The lowest BCUT2D eigenvalue weighted by Gasteiger charge is -2.32. The number of H-pyrrole nitrogens is 1. The summed E-state index contributed by atoms with van der Waals surface area (Å²) in [6.45, 7) is 2.07. The third-order valence-electron chi connectivity index (χ3n) is 3.48. The molecule has 0 saturated heterocycles. The number of hydrogen-bond acceptors (Lipinski definition) is 3. The summed E-state index contributed by atoms with van der Waals surface area (Å²) in [5, 5.41) is 10.3. The van der Waals surface area contributed by atoms with Crippen molar-refractivity contribution in [2.45, 2.75) is 31.6 Å². The molecule has 0 radical (unpaired) electrons. The average Bonchev–Trinajstić information content (AvgIpc) is 2.86. The minimum absolute atomic E-state index is 0.291. The molecule has 2 heterocycles. The van der Waals surface area contributed by atoms with E-state index in [4.69, 9.17) is 0 Å². The molecule has 2 aromatic rings. The second-order valence-electron chi connectivity index (χ2n) is 4.56. The lowest BCUT2D eigenvalue weighted by molar-refractivity contribution is 0.323. The number of aromatic amines is 1. The van der Waals surface area contributed by atoms with Gasteiger partial charge in [-0.2, -0.15) is 5.26 Å². The maximum Gasteiger partial charge on any atom is 0.114 e. The van der Waals surface area contributed by atoms with Crippen molar-refractivity contribution in [2.24, 2.45) is 0 Å². The third-order valence-corrected chi connectivity index (χ3v) is 4.66. The van der Waals surface area contributed by atoms with Crippen LogP contribution in [0.15, 0.2) is 18.3 Å². The Balaban J connectivity index is 2.05. The number of thiazole rings is 1. The first-order valence-corrected chi connectivity index (χ1v) is 6.60. The van der Waals surface area contributed by atoms with E-state index in [1.807, 2.05) is 18.3 Å². The molecule has 0 unspecified atom stereocenters. The standard InChI is InChI=1S/C13H13N3S/c1-9-11(10-4-2-7-15-10)16-12(17-9)13(8-14)5-3-6-13/h2,4,7,15H,3,5-6H2,1H3. The summed E-state index contributed by atoms with van der Waals surface area (Å²) in [4.78, 5) is 9.04. The topological polar surface area (TPSA) is 52.5 Å². The first-order valence-electron chi connectivity index (χ1n) is 5.78. The fourth-order valence-electron chi connectivity index (χ4n) is 2.23. The largest absolute Gasteiger partial charge is 0.360 e. The molecule has 1 fully saturated rings. The lowest BCUT2D eigenvalue weighted by atomic mass is 9.70. The molecular formula is C13H13N3S. The van der Waals surface area contributed by atoms with Crippen LogP contribution < -0.4 is 0 Å². The van der Waals surface area contributed by atoms with Gasteiger partial charge in [-0.25, -0.2) is 4.98 Å². The molecule has 3 nitrogen and oxygen atoms in total. The van der Waals surface area contributed by atoms with E-state index in [2.05, 4.69) is 23.0 Å². The van der Waals surface area contributed by atoms with Crippen molar-refractivity contribution in [2.75, 3.05) is 0 Å². The Morgan fingerprint density at radius 1 is 1.53 bits per heavy atom. The van der Waals surface area contributed by atoms with Crippen LogP contribution in [0.4, 0.5) is 0 Å². The van der Waals surface area contributed by atoms with Gasteiger partial charge in [-0.1, -0.05) is 0 Å². The van der Waals surface area contributed by atoms with Crippen LogP contribution in [0.25, 0.3) is 11.4 Å². The summed E-state index contributed by atoms with van der Waals surface area (Å²) in [5.41, 5.74) is 1.74. The highest BCUT2D eigenvalue weighted by molar-refractivity contribution is 7.12. The fraction of sp³-hybridized carbons (Fsp3) is 0.385. The Morgan fingerprint density at radius 2 is 2.35 bits per heavy atom.